The van der Waals surface area contributed by atoms with Gasteiger partial charge in [-0.05, 0) is 102 Å². The molecule has 0 amide bonds. The van der Waals surface area contributed by atoms with Gasteiger partial charge in [-0.1, -0.05) is 170 Å². The Morgan fingerprint density at radius 3 is 1.17 bits per heavy atom. The van der Waals surface area contributed by atoms with Crippen molar-refractivity contribution in [3.8, 4) is 22.6 Å². The van der Waals surface area contributed by atoms with Crippen molar-refractivity contribution in [2.45, 2.75) is 5.41 Å². The van der Waals surface area contributed by atoms with Crippen LogP contribution < -0.4 is 9.47 Å². The Labute approximate surface area is 340 Å². The molecule has 10 aromatic carbocycles. The molecule has 0 bridgehead atoms. The summed E-state index contributed by atoms with van der Waals surface area (Å²) in [5.41, 5.74) is 6.82. The van der Waals surface area contributed by atoms with E-state index in [1.54, 1.807) is 0 Å². The molecule has 0 aromatic heterocycles. The van der Waals surface area contributed by atoms with E-state index in [4.69, 9.17) is 9.47 Å². The molecule has 59 heavy (non-hydrogen) atoms. The summed E-state index contributed by atoms with van der Waals surface area (Å²) in [6, 6.07) is 68.9. The number of hydrogen-bond donors (Lipinski definition) is 0. The molecule has 0 fully saturated rings. The molecular weight excluding hydrogens is 725 g/mol. The van der Waals surface area contributed by atoms with E-state index in [0.29, 0.717) is 22.6 Å². The molecule has 0 unspecified atom stereocenters. The van der Waals surface area contributed by atoms with Gasteiger partial charge in [0, 0.05) is 10.8 Å². The van der Waals surface area contributed by atoms with Crippen molar-refractivity contribution in [3.63, 3.8) is 0 Å². The van der Waals surface area contributed by atoms with E-state index >= 15 is 0 Å². The highest BCUT2D eigenvalue weighted by molar-refractivity contribution is 6.04. The van der Waals surface area contributed by atoms with Crippen LogP contribution in [0.15, 0.2) is 206 Å². The SMILES string of the molecule is O=C(Oc1cccc2c(C3(c4cccc5c(OC(=O)c6ccc7ccccc7c6)cccc45)c4ccccc4-c4ccccc43)cccc12)c1ccc2ccccc2c1. The van der Waals surface area contributed by atoms with Crippen LogP contribution in [0.25, 0.3) is 54.2 Å². The van der Waals surface area contributed by atoms with Crippen LogP contribution in [0.1, 0.15) is 43.0 Å². The van der Waals surface area contributed by atoms with Crippen LogP contribution in [0.2, 0.25) is 0 Å². The Morgan fingerprint density at radius 1 is 0.322 bits per heavy atom. The van der Waals surface area contributed by atoms with Crippen LogP contribution in [0.3, 0.4) is 0 Å². The molecule has 4 nitrogen and oxygen atoms in total. The molecule has 0 atom stereocenters. The quantitative estimate of drug-likeness (QED) is 0.125. The summed E-state index contributed by atoms with van der Waals surface area (Å²) < 4.78 is 12.5. The lowest BCUT2D eigenvalue weighted by molar-refractivity contribution is 0.0727. The fraction of sp³-hybridized carbons (Fsp3) is 0.0182. The number of ether oxygens (including phenoxy) is 2. The molecule has 0 saturated carbocycles. The molecule has 1 aliphatic carbocycles. The molecule has 1 aliphatic rings. The fourth-order valence-corrected chi connectivity index (χ4v) is 9.30. The van der Waals surface area contributed by atoms with Crippen molar-refractivity contribution in [1.29, 1.82) is 0 Å². The van der Waals surface area contributed by atoms with Gasteiger partial charge < -0.3 is 9.47 Å². The zero-order chi connectivity index (χ0) is 39.5. The van der Waals surface area contributed by atoms with E-state index < -0.39 is 17.4 Å². The van der Waals surface area contributed by atoms with Gasteiger partial charge >= 0.3 is 11.9 Å². The third-order valence-electron chi connectivity index (χ3n) is 11.9. The third kappa shape index (κ3) is 5.45. The summed E-state index contributed by atoms with van der Waals surface area (Å²) in [5.74, 6) is 0.135. The maximum absolute atomic E-state index is 13.8. The highest BCUT2D eigenvalue weighted by Crippen LogP contribution is 2.58. The average Bonchev–Trinajstić information content (AvgIpc) is 3.59. The second-order valence-electron chi connectivity index (χ2n) is 15.1. The number of esters is 2. The summed E-state index contributed by atoms with van der Waals surface area (Å²) >= 11 is 0. The molecule has 0 aliphatic heterocycles. The lowest BCUT2D eigenvalue weighted by Gasteiger charge is -2.36. The third-order valence-corrected chi connectivity index (χ3v) is 11.9. The molecule has 4 heteroatoms. The van der Waals surface area contributed by atoms with Gasteiger partial charge in [0.25, 0.3) is 0 Å². The van der Waals surface area contributed by atoms with E-state index in [-0.39, 0.29) is 0 Å². The van der Waals surface area contributed by atoms with Crippen LogP contribution in [-0.4, -0.2) is 11.9 Å². The first-order chi connectivity index (χ1) is 29.1. The molecule has 278 valence electrons. The second-order valence-corrected chi connectivity index (χ2v) is 15.1. The van der Waals surface area contributed by atoms with Crippen molar-refractivity contribution in [2.75, 3.05) is 0 Å². The summed E-state index contributed by atoms with van der Waals surface area (Å²) in [4.78, 5) is 27.6. The zero-order valence-electron chi connectivity index (χ0n) is 31.8. The zero-order valence-corrected chi connectivity index (χ0v) is 31.8. The maximum Gasteiger partial charge on any atom is 0.343 e. The summed E-state index contributed by atoms with van der Waals surface area (Å²) in [6.45, 7) is 0. The Morgan fingerprint density at radius 2 is 0.695 bits per heavy atom. The van der Waals surface area contributed by atoms with Gasteiger partial charge in [-0.25, -0.2) is 9.59 Å². The highest BCUT2D eigenvalue weighted by Gasteiger charge is 2.47. The summed E-state index contributed by atoms with van der Waals surface area (Å²) in [5, 5.41) is 7.64. The van der Waals surface area contributed by atoms with Crippen LogP contribution in [0.4, 0.5) is 0 Å². The molecule has 0 saturated heterocycles. The number of hydrogen-bond acceptors (Lipinski definition) is 4. The van der Waals surface area contributed by atoms with Crippen molar-refractivity contribution >= 4 is 55.0 Å². The Balaban J connectivity index is 1.10. The minimum atomic E-state index is -0.811. The van der Waals surface area contributed by atoms with Crippen LogP contribution in [0, 0.1) is 0 Å². The van der Waals surface area contributed by atoms with Crippen molar-refractivity contribution < 1.29 is 19.1 Å². The normalized spacial score (nSPS) is 12.7. The minimum Gasteiger partial charge on any atom is -0.422 e. The fourth-order valence-electron chi connectivity index (χ4n) is 9.30. The number of carbonyl (C=O) groups excluding carboxylic acids is 2. The van der Waals surface area contributed by atoms with E-state index in [9.17, 15) is 9.59 Å². The van der Waals surface area contributed by atoms with Crippen molar-refractivity contribution in [1.82, 2.24) is 0 Å². The largest absolute Gasteiger partial charge is 0.422 e. The van der Waals surface area contributed by atoms with E-state index in [2.05, 4.69) is 84.9 Å². The first kappa shape index (κ1) is 34.4. The topological polar surface area (TPSA) is 52.6 Å². The predicted molar refractivity (Wildman–Crippen MR) is 237 cm³/mol. The van der Waals surface area contributed by atoms with Gasteiger partial charge in [0.15, 0.2) is 0 Å². The van der Waals surface area contributed by atoms with Crippen LogP contribution in [-0.2, 0) is 5.41 Å². The monoisotopic (exact) mass is 758 g/mol. The lowest BCUT2D eigenvalue weighted by atomic mass is 9.65. The maximum atomic E-state index is 13.8. The Bertz CT molecular complexity index is 3120. The van der Waals surface area contributed by atoms with Crippen molar-refractivity contribution in [2.24, 2.45) is 0 Å². The lowest BCUT2D eigenvalue weighted by Crippen LogP contribution is -2.29. The van der Waals surface area contributed by atoms with Gasteiger partial charge in [0.05, 0.1) is 16.5 Å². The van der Waals surface area contributed by atoms with Gasteiger partial charge in [-0.3, -0.25) is 0 Å². The van der Waals surface area contributed by atoms with Gasteiger partial charge in [0.1, 0.15) is 11.5 Å². The molecule has 10 aromatic rings. The first-order valence-corrected chi connectivity index (χ1v) is 19.7. The first-order valence-electron chi connectivity index (χ1n) is 19.7. The smallest absolute Gasteiger partial charge is 0.343 e. The van der Waals surface area contributed by atoms with Crippen LogP contribution in [0.5, 0.6) is 11.5 Å². The van der Waals surface area contributed by atoms with Gasteiger partial charge in [-0.2, -0.15) is 0 Å². The van der Waals surface area contributed by atoms with Gasteiger partial charge in [0.2, 0.25) is 0 Å². The number of carbonyl (C=O) groups is 2. The summed E-state index contributed by atoms with van der Waals surface area (Å²) in [6.07, 6.45) is 0. The van der Waals surface area contributed by atoms with E-state index in [0.717, 1.165) is 76.5 Å². The average molecular weight is 759 g/mol. The second kappa shape index (κ2) is 13.7. The molecule has 11 rings (SSSR count). The van der Waals surface area contributed by atoms with Crippen LogP contribution >= 0.6 is 0 Å². The van der Waals surface area contributed by atoms with E-state index in [1.165, 1.54) is 0 Å². The standard InChI is InChI=1S/C55H34O4/c56-53(39-31-29-35-13-1-3-15-37(35)33-39)58-51-27-11-19-43-45(51)21-9-25-49(43)55(47-23-7-5-17-41(47)42-18-6-8-24-48(42)55)50-26-10-22-46-44(50)20-12-28-52(46)59-54(57)40-32-30-36-14-2-4-16-38(36)34-40/h1-34H. The Kier molecular flexibility index (Phi) is 7.99. The summed E-state index contributed by atoms with van der Waals surface area (Å²) in [7, 11) is 0. The van der Waals surface area contributed by atoms with E-state index in [1.807, 2.05) is 121 Å². The molecule has 0 spiro atoms. The van der Waals surface area contributed by atoms with Crippen molar-refractivity contribution in [3.05, 3.63) is 240 Å². The predicted octanol–water partition coefficient (Wildman–Crippen LogP) is 13.1. The highest BCUT2D eigenvalue weighted by atomic mass is 16.5. The number of rotatable bonds is 6. The molecule has 0 heterocycles. The number of benzene rings is 10. The molecule has 0 radical (unpaired) electrons. The number of fused-ring (bicyclic) bond motifs is 7. The molecular formula is C55H34O4. The Hall–Kier alpha value is -7.82. The minimum absolute atomic E-state index is 0.417. The van der Waals surface area contributed by atoms with Gasteiger partial charge in [-0.15, -0.1) is 0 Å². The molecule has 0 N–H and O–H groups in total.